The standard InChI is InChI=1S/C7H8O3/c8-5-2-1-3-6-7(5)10-4-9-6/h1-3,5,7-8H,4H2. The van der Waals surface area contributed by atoms with Crippen LogP contribution in [-0.4, -0.2) is 24.1 Å². The molecule has 3 heteroatoms. The van der Waals surface area contributed by atoms with E-state index in [0.717, 1.165) is 5.76 Å². The second-order valence-corrected chi connectivity index (χ2v) is 2.29. The molecule has 2 aliphatic rings. The summed E-state index contributed by atoms with van der Waals surface area (Å²) >= 11 is 0. The minimum Gasteiger partial charge on any atom is -0.469 e. The Morgan fingerprint density at radius 2 is 2.50 bits per heavy atom. The van der Waals surface area contributed by atoms with Gasteiger partial charge in [0, 0.05) is 0 Å². The number of aliphatic hydroxyl groups excluding tert-OH is 1. The number of aliphatic hydroxyl groups is 1. The number of allylic oxidation sites excluding steroid dienone is 2. The summed E-state index contributed by atoms with van der Waals surface area (Å²) in [6, 6.07) is 0. The maximum Gasteiger partial charge on any atom is 0.189 e. The molecule has 54 valence electrons. The largest absolute Gasteiger partial charge is 0.469 e. The minimum absolute atomic E-state index is 0.259. The van der Waals surface area contributed by atoms with E-state index in [4.69, 9.17) is 9.47 Å². The van der Waals surface area contributed by atoms with Gasteiger partial charge in [0.2, 0.25) is 0 Å². The molecule has 0 saturated carbocycles. The van der Waals surface area contributed by atoms with Crippen LogP contribution in [0.2, 0.25) is 0 Å². The van der Waals surface area contributed by atoms with Crippen molar-refractivity contribution < 1.29 is 14.6 Å². The first-order valence-corrected chi connectivity index (χ1v) is 3.19. The van der Waals surface area contributed by atoms with Gasteiger partial charge in [-0.25, -0.2) is 0 Å². The van der Waals surface area contributed by atoms with Gasteiger partial charge in [-0.1, -0.05) is 12.2 Å². The number of hydrogen-bond donors (Lipinski definition) is 1. The first kappa shape index (κ1) is 5.95. The van der Waals surface area contributed by atoms with Crippen molar-refractivity contribution in [3.05, 3.63) is 24.0 Å². The molecule has 0 radical (unpaired) electrons. The summed E-state index contributed by atoms with van der Waals surface area (Å²) in [6.07, 6.45) is 4.46. The number of ether oxygens (including phenoxy) is 2. The zero-order valence-electron chi connectivity index (χ0n) is 5.36. The summed E-state index contributed by atoms with van der Waals surface area (Å²) in [5.74, 6) is 0.731. The smallest absolute Gasteiger partial charge is 0.189 e. The highest BCUT2D eigenvalue weighted by atomic mass is 16.7. The molecule has 0 aromatic heterocycles. The Balaban J connectivity index is 2.25. The Labute approximate surface area is 58.6 Å². The quantitative estimate of drug-likeness (QED) is 0.521. The molecule has 1 aliphatic heterocycles. The average molecular weight is 140 g/mol. The summed E-state index contributed by atoms with van der Waals surface area (Å²) in [5, 5.41) is 9.25. The van der Waals surface area contributed by atoms with Crippen LogP contribution in [0.5, 0.6) is 0 Å². The Kier molecular flexibility index (Phi) is 1.25. The Bertz CT molecular complexity index is 195. The minimum atomic E-state index is -0.539. The average Bonchev–Trinajstić information content (AvgIpc) is 2.36. The van der Waals surface area contributed by atoms with E-state index in [-0.39, 0.29) is 12.9 Å². The van der Waals surface area contributed by atoms with Gasteiger partial charge in [0.05, 0.1) is 0 Å². The van der Waals surface area contributed by atoms with E-state index >= 15 is 0 Å². The fourth-order valence-electron chi connectivity index (χ4n) is 1.11. The van der Waals surface area contributed by atoms with Crippen molar-refractivity contribution in [2.45, 2.75) is 12.2 Å². The van der Waals surface area contributed by atoms with Crippen LogP contribution in [0.3, 0.4) is 0 Å². The topological polar surface area (TPSA) is 38.7 Å². The predicted molar refractivity (Wildman–Crippen MR) is 34.1 cm³/mol. The van der Waals surface area contributed by atoms with Gasteiger partial charge >= 0.3 is 0 Å². The van der Waals surface area contributed by atoms with Gasteiger partial charge in [-0.2, -0.15) is 0 Å². The van der Waals surface area contributed by atoms with Crippen LogP contribution in [0, 0.1) is 0 Å². The van der Waals surface area contributed by atoms with E-state index in [2.05, 4.69) is 0 Å². The lowest BCUT2D eigenvalue weighted by atomic mass is 10.1. The van der Waals surface area contributed by atoms with Gasteiger partial charge in [-0.05, 0) is 6.08 Å². The van der Waals surface area contributed by atoms with Crippen molar-refractivity contribution >= 4 is 0 Å². The van der Waals surface area contributed by atoms with Crippen LogP contribution in [0.25, 0.3) is 0 Å². The zero-order chi connectivity index (χ0) is 6.97. The van der Waals surface area contributed by atoms with E-state index in [9.17, 15) is 5.11 Å². The summed E-state index contributed by atoms with van der Waals surface area (Å²) in [6.45, 7) is 0.259. The van der Waals surface area contributed by atoms with Gasteiger partial charge in [0.15, 0.2) is 6.79 Å². The molecule has 2 atom stereocenters. The SMILES string of the molecule is OC1C=CC=C2OCOC21. The van der Waals surface area contributed by atoms with Crippen LogP contribution >= 0.6 is 0 Å². The molecule has 10 heavy (non-hydrogen) atoms. The molecular weight excluding hydrogens is 132 g/mol. The number of rotatable bonds is 0. The Hall–Kier alpha value is -0.800. The third-order valence-electron chi connectivity index (χ3n) is 1.63. The summed E-state index contributed by atoms with van der Waals surface area (Å²) < 4.78 is 10.1. The third-order valence-corrected chi connectivity index (χ3v) is 1.63. The molecule has 0 spiro atoms. The van der Waals surface area contributed by atoms with E-state index in [0.29, 0.717) is 0 Å². The molecule has 1 fully saturated rings. The molecule has 0 amide bonds. The molecule has 2 rings (SSSR count). The summed E-state index contributed by atoms with van der Waals surface area (Å²) in [5.41, 5.74) is 0. The van der Waals surface area contributed by atoms with Crippen molar-refractivity contribution in [3.63, 3.8) is 0 Å². The van der Waals surface area contributed by atoms with Crippen LogP contribution in [-0.2, 0) is 9.47 Å². The molecule has 1 saturated heterocycles. The molecule has 0 aromatic carbocycles. The van der Waals surface area contributed by atoms with Crippen LogP contribution < -0.4 is 0 Å². The zero-order valence-corrected chi connectivity index (χ0v) is 5.36. The van der Waals surface area contributed by atoms with Crippen LogP contribution in [0.1, 0.15) is 0 Å². The van der Waals surface area contributed by atoms with Gasteiger partial charge in [0.1, 0.15) is 18.0 Å². The molecular formula is C7H8O3. The molecule has 1 heterocycles. The van der Waals surface area contributed by atoms with Crippen molar-refractivity contribution in [2.75, 3.05) is 6.79 Å². The Morgan fingerprint density at radius 3 is 3.30 bits per heavy atom. The van der Waals surface area contributed by atoms with Gasteiger partial charge in [-0.15, -0.1) is 0 Å². The summed E-state index contributed by atoms with van der Waals surface area (Å²) in [7, 11) is 0. The van der Waals surface area contributed by atoms with Crippen LogP contribution in [0.4, 0.5) is 0 Å². The number of fused-ring (bicyclic) bond motifs is 1. The fraction of sp³-hybridized carbons (Fsp3) is 0.429. The number of hydrogen-bond acceptors (Lipinski definition) is 3. The lowest BCUT2D eigenvalue weighted by Gasteiger charge is -2.15. The molecule has 0 bridgehead atoms. The first-order valence-electron chi connectivity index (χ1n) is 3.19. The van der Waals surface area contributed by atoms with Crippen molar-refractivity contribution in [2.24, 2.45) is 0 Å². The maximum atomic E-state index is 9.25. The molecule has 0 aromatic rings. The molecule has 1 N–H and O–H groups in total. The van der Waals surface area contributed by atoms with Gasteiger partial charge in [0.25, 0.3) is 0 Å². The van der Waals surface area contributed by atoms with Crippen molar-refractivity contribution in [3.8, 4) is 0 Å². The van der Waals surface area contributed by atoms with E-state index in [1.165, 1.54) is 0 Å². The Morgan fingerprint density at radius 1 is 1.60 bits per heavy atom. The maximum absolute atomic E-state index is 9.25. The first-order chi connectivity index (χ1) is 4.88. The molecule has 1 aliphatic carbocycles. The normalized spacial score (nSPS) is 36.7. The second kappa shape index (κ2) is 2.11. The highest BCUT2D eigenvalue weighted by Gasteiger charge is 2.30. The third kappa shape index (κ3) is 0.751. The van der Waals surface area contributed by atoms with Gasteiger partial charge in [-0.3, -0.25) is 0 Å². The summed E-state index contributed by atoms with van der Waals surface area (Å²) in [4.78, 5) is 0. The lowest BCUT2D eigenvalue weighted by Crippen LogP contribution is -2.26. The highest BCUT2D eigenvalue weighted by Crippen LogP contribution is 2.23. The molecule has 2 unspecified atom stereocenters. The van der Waals surface area contributed by atoms with Gasteiger partial charge < -0.3 is 14.6 Å². The fourth-order valence-corrected chi connectivity index (χ4v) is 1.11. The lowest BCUT2D eigenvalue weighted by molar-refractivity contribution is 0.00720. The molecule has 3 nitrogen and oxygen atoms in total. The highest BCUT2D eigenvalue weighted by molar-refractivity contribution is 5.22. The van der Waals surface area contributed by atoms with E-state index in [1.54, 1.807) is 12.2 Å². The van der Waals surface area contributed by atoms with Crippen molar-refractivity contribution in [1.29, 1.82) is 0 Å². The predicted octanol–water partition coefficient (Wildman–Crippen LogP) is 0.174. The van der Waals surface area contributed by atoms with Crippen molar-refractivity contribution in [1.82, 2.24) is 0 Å². The monoisotopic (exact) mass is 140 g/mol. The van der Waals surface area contributed by atoms with Crippen LogP contribution in [0.15, 0.2) is 24.0 Å². The van der Waals surface area contributed by atoms with E-state index < -0.39 is 6.10 Å². The second-order valence-electron chi connectivity index (χ2n) is 2.29. The van der Waals surface area contributed by atoms with E-state index in [1.807, 2.05) is 6.08 Å².